The maximum atomic E-state index is 13.1. The van der Waals surface area contributed by atoms with Gasteiger partial charge in [0.2, 0.25) is 0 Å². The van der Waals surface area contributed by atoms with Crippen LogP contribution in [0.5, 0.6) is 5.75 Å². The van der Waals surface area contributed by atoms with Crippen molar-refractivity contribution >= 4 is 40.5 Å². The molecule has 5 rings (SSSR count). The number of anilines is 1. The third-order valence-electron chi connectivity index (χ3n) is 9.49. The number of benzene rings is 2. The lowest BCUT2D eigenvalue weighted by Crippen LogP contribution is -2.52. The van der Waals surface area contributed by atoms with Gasteiger partial charge in [0, 0.05) is 40.8 Å². The molecule has 1 aliphatic heterocycles. The Bertz CT molecular complexity index is 1410. The van der Waals surface area contributed by atoms with Gasteiger partial charge in [-0.2, -0.15) is 0 Å². The summed E-state index contributed by atoms with van der Waals surface area (Å²) in [5, 5.41) is 12.1. The van der Waals surface area contributed by atoms with E-state index in [1.807, 2.05) is 37.3 Å². The van der Waals surface area contributed by atoms with Crippen molar-refractivity contribution in [2.45, 2.75) is 82.0 Å². The quantitative estimate of drug-likeness (QED) is 0.251. The molecule has 2 aromatic rings. The molecule has 0 bridgehead atoms. The van der Waals surface area contributed by atoms with Gasteiger partial charge in [-0.1, -0.05) is 36.7 Å². The standard InChI is InChI=1S/C34H43ClN2O5S/c1-4-5-15-34(40,16-17-38)29-11-8-26(29)20-37-21-33(14-6-7-24-18-27(35)10-12-28(24)33)22-42-31-13-9-25(19-30(31)37)32(39)36-43(41)23(2)3/h5,9-10,12-13,15,17-19,23,26,29,40H,4,6-8,11,14,16,20-22H2,1-3H3,(H,36,39)/b15-5+/t26?,29?,33-,34-,43?/m0/s1. The molecular formula is C34H43ClN2O5S. The smallest absolute Gasteiger partial charge is 0.263 e. The van der Waals surface area contributed by atoms with Crippen LogP contribution in [0.2, 0.25) is 5.02 Å². The minimum Gasteiger partial charge on any atom is -0.490 e. The fraction of sp³-hybridized carbons (Fsp3) is 0.529. The van der Waals surface area contributed by atoms with Gasteiger partial charge in [0.1, 0.15) is 23.0 Å². The van der Waals surface area contributed by atoms with E-state index in [0.29, 0.717) is 31.0 Å². The van der Waals surface area contributed by atoms with E-state index in [9.17, 15) is 18.9 Å². The Labute approximate surface area is 262 Å². The van der Waals surface area contributed by atoms with Crippen molar-refractivity contribution < 1.29 is 23.6 Å². The van der Waals surface area contributed by atoms with E-state index in [1.54, 1.807) is 19.9 Å². The van der Waals surface area contributed by atoms with Crippen molar-refractivity contribution in [3.05, 3.63) is 70.3 Å². The normalized spacial score (nSPS) is 25.2. The highest BCUT2D eigenvalue weighted by atomic mass is 35.5. The molecule has 3 unspecified atom stereocenters. The number of hydrogen-bond donors (Lipinski definition) is 2. The first-order valence-electron chi connectivity index (χ1n) is 15.4. The second-order valence-corrected chi connectivity index (χ2v) is 14.9. The number of aryl methyl sites for hydroxylation is 1. The molecule has 43 heavy (non-hydrogen) atoms. The minimum atomic E-state index is -1.49. The molecule has 2 aromatic carbocycles. The number of ether oxygens (including phenoxy) is 1. The van der Waals surface area contributed by atoms with E-state index >= 15 is 0 Å². The number of hydrogen-bond acceptors (Lipinski definition) is 6. The second kappa shape index (κ2) is 13.1. The third-order valence-corrected chi connectivity index (χ3v) is 11.0. The lowest BCUT2D eigenvalue weighted by molar-refractivity contribution is -0.115. The van der Waals surface area contributed by atoms with E-state index in [2.05, 4.69) is 21.8 Å². The fourth-order valence-corrected chi connectivity index (χ4v) is 7.78. The first-order valence-corrected chi connectivity index (χ1v) is 17.0. The highest BCUT2D eigenvalue weighted by molar-refractivity contribution is 7.84. The van der Waals surface area contributed by atoms with Crippen LogP contribution in [0.4, 0.5) is 5.69 Å². The predicted octanol–water partition coefficient (Wildman–Crippen LogP) is 5.93. The lowest BCUT2D eigenvalue weighted by atomic mass is 9.63. The van der Waals surface area contributed by atoms with Gasteiger partial charge in [0.15, 0.2) is 0 Å². The van der Waals surface area contributed by atoms with Crippen LogP contribution in [-0.2, 0) is 27.6 Å². The van der Waals surface area contributed by atoms with Crippen LogP contribution in [0.15, 0.2) is 48.6 Å². The molecule has 7 nitrogen and oxygen atoms in total. The molecule has 1 heterocycles. The third kappa shape index (κ3) is 6.57. The highest BCUT2D eigenvalue weighted by Crippen LogP contribution is 2.48. The van der Waals surface area contributed by atoms with Gasteiger partial charge in [-0.15, -0.1) is 0 Å². The van der Waals surface area contributed by atoms with Crippen molar-refractivity contribution in [2.75, 3.05) is 24.6 Å². The highest BCUT2D eigenvalue weighted by Gasteiger charge is 2.47. The summed E-state index contributed by atoms with van der Waals surface area (Å²) in [6.07, 6.45) is 10.1. The Hall–Kier alpha value is -2.68. The maximum absolute atomic E-state index is 13.1. The van der Waals surface area contributed by atoms with Gasteiger partial charge < -0.3 is 19.5 Å². The van der Waals surface area contributed by atoms with Crippen molar-refractivity contribution in [2.24, 2.45) is 11.8 Å². The number of aldehydes is 1. The summed E-state index contributed by atoms with van der Waals surface area (Å²) >= 11 is 6.40. The van der Waals surface area contributed by atoms with Crippen molar-refractivity contribution in [1.82, 2.24) is 4.72 Å². The van der Waals surface area contributed by atoms with Crippen molar-refractivity contribution in [1.29, 1.82) is 0 Å². The molecule has 2 N–H and O–H groups in total. The van der Waals surface area contributed by atoms with Gasteiger partial charge in [-0.3, -0.25) is 9.52 Å². The van der Waals surface area contributed by atoms with E-state index < -0.39 is 22.5 Å². The van der Waals surface area contributed by atoms with Crippen LogP contribution in [0.3, 0.4) is 0 Å². The van der Waals surface area contributed by atoms with E-state index in [4.69, 9.17) is 16.3 Å². The average molecular weight is 627 g/mol. The van der Waals surface area contributed by atoms with Gasteiger partial charge in [0.25, 0.3) is 5.91 Å². The molecule has 2 aliphatic carbocycles. The monoisotopic (exact) mass is 626 g/mol. The van der Waals surface area contributed by atoms with Crippen LogP contribution in [-0.4, -0.2) is 52.1 Å². The number of aliphatic hydroxyl groups is 1. The van der Waals surface area contributed by atoms with Crippen molar-refractivity contribution in [3.63, 3.8) is 0 Å². The Morgan fingerprint density at radius 2 is 2.09 bits per heavy atom. The number of halogens is 1. The van der Waals surface area contributed by atoms with Crippen molar-refractivity contribution in [3.8, 4) is 5.75 Å². The molecule has 9 heteroatoms. The molecule has 1 fully saturated rings. The Morgan fingerprint density at radius 3 is 2.79 bits per heavy atom. The summed E-state index contributed by atoms with van der Waals surface area (Å²) < 4.78 is 21.6. The number of carbonyl (C=O) groups is 2. The molecule has 1 amide bonds. The number of rotatable bonds is 10. The topological polar surface area (TPSA) is 95.9 Å². The largest absolute Gasteiger partial charge is 0.490 e. The number of fused-ring (bicyclic) bond motifs is 3. The SMILES string of the molecule is CC/C=C/[C@](O)(CC=O)C1CCC1CN1C[C@@]2(CCCc3cc(Cl)ccc32)COc2ccc(C(=O)NS(=O)C(C)C)cc21. The molecular weight excluding hydrogens is 584 g/mol. The lowest BCUT2D eigenvalue weighted by Gasteiger charge is -2.48. The van der Waals surface area contributed by atoms with E-state index in [0.717, 1.165) is 55.5 Å². The van der Waals surface area contributed by atoms with Gasteiger partial charge >= 0.3 is 0 Å². The van der Waals surface area contributed by atoms with Crippen LogP contribution in [0.25, 0.3) is 0 Å². The van der Waals surface area contributed by atoms with Crippen LogP contribution in [0, 0.1) is 11.8 Å². The summed E-state index contributed by atoms with van der Waals surface area (Å²) in [4.78, 5) is 27.1. The summed E-state index contributed by atoms with van der Waals surface area (Å²) in [7, 11) is -1.49. The number of allylic oxidation sites excluding steroid dienone is 1. The first-order chi connectivity index (χ1) is 20.6. The average Bonchev–Trinajstić information content (AvgIpc) is 3.11. The van der Waals surface area contributed by atoms with Crippen LogP contribution in [0.1, 0.15) is 80.8 Å². The summed E-state index contributed by atoms with van der Waals surface area (Å²) in [6, 6.07) is 11.6. The Morgan fingerprint density at radius 1 is 1.28 bits per heavy atom. The molecule has 232 valence electrons. The van der Waals surface area contributed by atoms with Crippen LogP contribution >= 0.6 is 11.6 Å². The van der Waals surface area contributed by atoms with E-state index in [1.165, 1.54) is 11.1 Å². The fourth-order valence-electron chi connectivity index (χ4n) is 7.05. The number of nitrogens with one attached hydrogen (secondary N) is 1. The molecule has 5 atom stereocenters. The molecule has 1 saturated carbocycles. The summed E-state index contributed by atoms with van der Waals surface area (Å²) in [5.74, 6) is 0.400. The van der Waals surface area contributed by atoms with E-state index in [-0.39, 0.29) is 28.9 Å². The molecule has 0 radical (unpaired) electrons. The first kappa shape index (κ1) is 31.7. The summed E-state index contributed by atoms with van der Waals surface area (Å²) in [5.41, 5.74) is 2.27. The number of amides is 1. The molecule has 0 aromatic heterocycles. The number of nitrogens with zero attached hydrogens (tertiary/aromatic N) is 1. The van der Waals surface area contributed by atoms with Gasteiger partial charge in [-0.05, 0) is 106 Å². The van der Waals surface area contributed by atoms with Gasteiger partial charge in [0.05, 0.1) is 17.9 Å². The van der Waals surface area contributed by atoms with Gasteiger partial charge in [-0.25, -0.2) is 4.21 Å². The number of carbonyl (C=O) groups excluding carboxylic acids is 2. The summed E-state index contributed by atoms with van der Waals surface area (Å²) in [6.45, 7) is 7.44. The van der Waals surface area contributed by atoms with Crippen LogP contribution < -0.4 is 14.4 Å². The Balaban J connectivity index is 1.52. The minimum absolute atomic E-state index is 0.0542. The molecule has 1 spiro atoms. The zero-order valence-electron chi connectivity index (χ0n) is 25.3. The zero-order chi connectivity index (χ0) is 30.8. The molecule has 0 saturated heterocycles. The maximum Gasteiger partial charge on any atom is 0.263 e. The molecule has 3 aliphatic rings. The predicted molar refractivity (Wildman–Crippen MR) is 172 cm³/mol. The second-order valence-electron chi connectivity index (χ2n) is 12.7. The Kier molecular flexibility index (Phi) is 9.69. The zero-order valence-corrected chi connectivity index (χ0v) is 26.9.